The van der Waals surface area contributed by atoms with Crippen LogP contribution in [0.5, 0.6) is 11.6 Å². The van der Waals surface area contributed by atoms with Crippen LogP contribution in [0.4, 0.5) is 10.2 Å². The molecule has 1 amide bonds. The molecule has 202 valence electrons. The number of rotatable bonds is 4. The summed E-state index contributed by atoms with van der Waals surface area (Å²) in [5.74, 6) is 5.60. The lowest BCUT2D eigenvalue weighted by molar-refractivity contribution is 0.0741. The van der Waals surface area contributed by atoms with E-state index in [0.29, 0.717) is 53.9 Å². The van der Waals surface area contributed by atoms with Crippen LogP contribution < -0.4 is 15.2 Å². The van der Waals surface area contributed by atoms with Crippen molar-refractivity contribution in [1.82, 2.24) is 20.1 Å². The molecule has 1 N–H and O–H groups in total. The molecule has 3 heterocycles. The molecule has 5 rings (SSSR count). The molecule has 40 heavy (non-hydrogen) atoms. The van der Waals surface area contributed by atoms with Gasteiger partial charge in [0, 0.05) is 37.9 Å². The first-order chi connectivity index (χ1) is 19.5. The SMILES string of the molecule is CC.CC#Cc1ccc2c(Oc3ccc(F)c(C(=O)N4CCN(c5ccc(C#N)cn5)CC4)c3)n[nH]c(=O)c2c1. The Labute approximate surface area is 230 Å². The molecule has 0 saturated carbocycles. The zero-order valence-corrected chi connectivity index (χ0v) is 22.4. The van der Waals surface area contributed by atoms with Crippen molar-refractivity contribution in [1.29, 1.82) is 5.26 Å². The van der Waals surface area contributed by atoms with E-state index in [0.717, 1.165) is 0 Å². The lowest BCUT2D eigenvalue weighted by atomic mass is 10.1. The molecule has 1 aliphatic heterocycles. The summed E-state index contributed by atoms with van der Waals surface area (Å²) < 4.78 is 20.6. The van der Waals surface area contributed by atoms with Gasteiger partial charge in [-0.1, -0.05) is 19.8 Å². The van der Waals surface area contributed by atoms with Gasteiger partial charge in [-0.25, -0.2) is 14.5 Å². The van der Waals surface area contributed by atoms with Gasteiger partial charge in [-0.05, 0) is 55.5 Å². The Bertz CT molecular complexity index is 1690. The number of amides is 1. The third-order valence-corrected chi connectivity index (χ3v) is 6.17. The standard InChI is InChI=1S/C28H21FN6O3.C2H6/c1-2-3-18-4-7-21-22(14-18)26(36)32-33-27(21)38-20-6-8-24(29)23(15-20)28(37)35-12-10-34(11-13-35)25-9-5-19(16-30)17-31-25;1-2/h4-9,14-15,17H,10-13H2,1H3,(H,32,36);1-2H3. The van der Waals surface area contributed by atoms with Crippen molar-refractivity contribution < 1.29 is 13.9 Å². The fourth-order valence-corrected chi connectivity index (χ4v) is 4.23. The molecule has 2 aromatic carbocycles. The van der Waals surface area contributed by atoms with E-state index in [2.05, 4.69) is 27.0 Å². The monoisotopic (exact) mass is 538 g/mol. The average molecular weight is 539 g/mol. The number of nitriles is 1. The van der Waals surface area contributed by atoms with Gasteiger partial charge in [0.15, 0.2) is 0 Å². The Morgan fingerprint density at radius 3 is 2.45 bits per heavy atom. The number of hydrogen-bond donors (Lipinski definition) is 1. The summed E-state index contributed by atoms with van der Waals surface area (Å²) in [7, 11) is 0. The van der Waals surface area contributed by atoms with Crippen LogP contribution in [0.3, 0.4) is 0 Å². The third kappa shape index (κ3) is 5.92. The number of hydrogen-bond acceptors (Lipinski definition) is 7. The van der Waals surface area contributed by atoms with Gasteiger partial charge in [-0.15, -0.1) is 11.0 Å². The van der Waals surface area contributed by atoms with Crippen LogP contribution in [0.1, 0.15) is 42.3 Å². The van der Waals surface area contributed by atoms with Gasteiger partial charge < -0.3 is 14.5 Å². The number of carbonyl (C=O) groups is 1. The van der Waals surface area contributed by atoms with Gasteiger partial charge in [0.25, 0.3) is 11.5 Å². The minimum atomic E-state index is -0.666. The van der Waals surface area contributed by atoms with E-state index >= 15 is 0 Å². The summed E-state index contributed by atoms with van der Waals surface area (Å²) in [4.78, 5) is 33.4. The summed E-state index contributed by atoms with van der Waals surface area (Å²) in [6.07, 6.45) is 1.51. The number of halogens is 1. The highest BCUT2D eigenvalue weighted by Crippen LogP contribution is 2.28. The first kappa shape index (κ1) is 27.8. The van der Waals surface area contributed by atoms with E-state index in [9.17, 15) is 14.0 Å². The number of carbonyl (C=O) groups excluding carboxylic acids is 1. The van der Waals surface area contributed by atoms with Crippen LogP contribution in [0.2, 0.25) is 0 Å². The Kier molecular flexibility index (Phi) is 8.72. The van der Waals surface area contributed by atoms with Crippen molar-refractivity contribution in [3.05, 3.63) is 87.6 Å². The van der Waals surface area contributed by atoms with Crippen LogP contribution in [0.25, 0.3) is 10.8 Å². The first-order valence-electron chi connectivity index (χ1n) is 12.8. The second-order valence-corrected chi connectivity index (χ2v) is 8.53. The van der Waals surface area contributed by atoms with Gasteiger partial charge in [-0.3, -0.25) is 9.59 Å². The van der Waals surface area contributed by atoms with Crippen LogP contribution in [-0.4, -0.2) is 52.2 Å². The van der Waals surface area contributed by atoms with Gasteiger partial charge >= 0.3 is 0 Å². The van der Waals surface area contributed by atoms with E-state index in [1.165, 1.54) is 24.4 Å². The van der Waals surface area contributed by atoms with Crippen LogP contribution in [0.15, 0.2) is 59.5 Å². The molecule has 2 aromatic heterocycles. The molecule has 0 atom stereocenters. The highest BCUT2D eigenvalue weighted by atomic mass is 19.1. The van der Waals surface area contributed by atoms with Gasteiger partial charge in [0.2, 0.25) is 5.88 Å². The van der Waals surface area contributed by atoms with E-state index in [1.54, 1.807) is 42.2 Å². The summed E-state index contributed by atoms with van der Waals surface area (Å²) in [6.45, 7) is 7.48. The number of benzene rings is 2. The molecule has 0 spiro atoms. The minimum Gasteiger partial charge on any atom is -0.437 e. The molecule has 10 heteroatoms. The topological polar surface area (TPSA) is 115 Å². The van der Waals surface area contributed by atoms with Crippen molar-refractivity contribution in [3.8, 4) is 29.5 Å². The Balaban J connectivity index is 0.00000181. The largest absolute Gasteiger partial charge is 0.437 e. The fraction of sp³-hybridized carbons (Fsp3) is 0.233. The number of ether oxygens (including phenoxy) is 1. The second-order valence-electron chi connectivity index (χ2n) is 8.53. The molecule has 1 saturated heterocycles. The summed E-state index contributed by atoms with van der Waals surface area (Å²) in [6, 6.07) is 14.5. The second kappa shape index (κ2) is 12.5. The first-order valence-corrected chi connectivity index (χ1v) is 12.8. The van der Waals surface area contributed by atoms with E-state index in [-0.39, 0.29) is 17.2 Å². The Morgan fingerprint density at radius 1 is 1.02 bits per heavy atom. The number of aromatic amines is 1. The average Bonchev–Trinajstić information content (AvgIpc) is 3.00. The molecule has 0 unspecified atom stereocenters. The van der Waals surface area contributed by atoms with E-state index in [1.807, 2.05) is 24.8 Å². The molecule has 0 radical (unpaired) electrons. The maximum Gasteiger partial charge on any atom is 0.272 e. The molecule has 4 aromatic rings. The zero-order chi connectivity index (χ0) is 28.6. The Morgan fingerprint density at radius 2 is 1.77 bits per heavy atom. The van der Waals surface area contributed by atoms with E-state index < -0.39 is 17.3 Å². The summed E-state index contributed by atoms with van der Waals surface area (Å²) >= 11 is 0. The lowest BCUT2D eigenvalue weighted by Crippen LogP contribution is -2.49. The molecule has 1 aliphatic rings. The number of nitrogens with zero attached hydrogens (tertiary/aromatic N) is 5. The predicted molar refractivity (Wildman–Crippen MR) is 150 cm³/mol. The zero-order valence-electron chi connectivity index (χ0n) is 22.4. The van der Waals surface area contributed by atoms with Crippen molar-refractivity contribution in [2.24, 2.45) is 0 Å². The fourth-order valence-electron chi connectivity index (χ4n) is 4.23. The number of H-pyrrole nitrogens is 1. The normalized spacial score (nSPS) is 12.5. The quantitative estimate of drug-likeness (QED) is 0.381. The van der Waals surface area contributed by atoms with Gasteiger partial charge in [0.1, 0.15) is 23.5 Å². The molecular weight excluding hydrogens is 511 g/mol. The maximum absolute atomic E-state index is 14.7. The molecule has 1 fully saturated rings. The van der Waals surface area contributed by atoms with Crippen LogP contribution in [-0.2, 0) is 0 Å². The highest BCUT2D eigenvalue weighted by Gasteiger charge is 2.25. The number of pyridine rings is 1. The molecule has 9 nitrogen and oxygen atoms in total. The smallest absolute Gasteiger partial charge is 0.272 e. The Hall–Kier alpha value is -5.22. The van der Waals surface area contributed by atoms with Crippen molar-refractivity contribution >= 4 is 22.5 Å². The molecule has 0 aliphatic carbocycles. The summed E-state index contributed by atoms with van der Waals surface area (Å²) in [5.41, 5.74) is 0.632. The third-order valence-electron chi connectivity index (χ3n) is 6.17. The van der Waals surface area contributed by atoms with Crippen molar-refractivity contribution in [3.63, 3.8) is 0 Å². The number of piperazine rings is 1. The lowest BCUT2D eigenvalue weighted by Gasteiger charge is -2.35. The molecule has 0 bridgehead atoms. The van der Waals surface area contributed by atoms with Crippen LogP contribution >= 0.6 is 0 Å². The van der Waals surface area contributed by atoms with Crippen LogP contribution in [0, 0.1) is 29.0 Å². The predicted octanol–water partition coefficient (Wildman–Crippen LogP) is 4.48. The number of fused-ring (bicyclic) bond motifs is 1. The minimum absolute atomic E-state index is 0.115. The summed E-state index contributed by atoms with van der Waals surface area (Å²) in [5, 5.41) is 16.2. The number of nitrogens with one attached hydrogen (secondary N) is 1. The van der Waals surface area contributed by atoms with Crippen molar-refractivity contribution in [2.45, 2.75) is 20.8 Å². The maximum atomic E-state index is 14.7. The highest BCUT2D eigenvalue weighted by molar-refractivity contribution is 5.95. The molecular formula is C30H27FN6O3. The number of aromatic nitrogens is 3. The van der Waals surface area contributed by atoms with Crippen molar-refractivity contribution in [2.75, 3.05) is 31.1 Å². The van der Waals surface area contributed by atoms with Gasteiger partial charge in [-0.2, -0.15) is 5.26 Å². The number of anilines is 1. The van der Waals surface area contributed by atoms with E-state index in [4.69, 9.17) is 10.00 Å². The van der Waals surface area contributed by atoms with Gasteiger partial charge in [0.05, 0.1) is 21.9 Å².